The topological polar surface area (TPSA) is 53.1 Å². The molecule has 0 N–H and O–H groups in total. The lowest BCUT2D eigenvalue weighted by Crippen LogP contribution is -2.53. The van der Waals surface area contributed by atoms with Crippen molar-refractivity contribution in [2.24, 2.45) is 0 Å². The molecule has 2 fully saturated rings. The fourth-order valence-electron chi connectivity index (χ4n) is 2.54. The smallest absolute Gasteiger partial charge is 0.409 e. The van der Waals surface area contributed by atoms with Crippen LogP contribution >= 0.6 is 0 Å². The van der Waals surface area contributed by atoms with Crippen molar-refractivity contribution >= 4 is 12.0 Å². The van der Waals surface area contributed by atoms with Crippen molar-refractivity contribution in [3.63, 3.8) is 0 Å². The van der Waals surface area contributed by atoms with Crippen molar-refractivity contribution in [1.29, 1.82) is 0 Å². The number of amides is 2. The van der Waals surface area contributed by atoms with E-state index >= 15 is 0 Å². The maximum atomic E-state index is 11.7. The van der Waals surface area contributed by atoms with Crippen LogP contribution in [-0.2, 0) is 9.53 Å². The minimum absolute atomic E-state index is 0.226. The van der Waals surface area contributed by atoms with Gasteiger partial charge in [0.1, 0.15) is 0 Å². The molecule has 0 radical (unpaired) electrons. The molecular weight excluding hydrogens is 246 g/mol. The molecular formula is C13H23N3O3. The molecule has 2 amide bonds. The number of rotatable bonds is 3. The van der Waals surface area contributed by atoms with E-state index in [-0.39, 0.29) is 12.0 Å². The van der Waals surface area contributed by atoms with Gasteiger partial charge in [-0.3, -0.25) is 9.69 Å². The molecule has 6 heteroatoms. The van der Waals surface area contributed by atoms with E-state index in [1.165, 1.54) is 0 Å². The van der Waals surface area contributed by atoms with Crippen LogP contribution in [0.15, 0.2) is 0 Å². The Hall–Kier alpha value is -1.30. The van der Waals surface area contributed by atoms with Crippen molar-refractivity contribution in [2.45, 2.75) is 26.2 Å². The normalized spacial score (nSPS) is 21.6. The molecule has 0 aliphatic carbocycles. The Labute approximate surface area is 114 Å². The minimum Gasteiger partial charge on any atom is -0.450 e. The first-order valence-electron chi connectivity index (χ1n) is 7.12. The Bertz CT molecular complexity index is 327. The summed E-state index contributed by atoms with van der Waals surface area (Å²) in [5, 5.41) is 0. The van der Waals surface area contributed by atoms with Crippen LogP contribution in [0.4, 0.5) is 4.79 Å². The molecule has 6 nitrogen and oxygen atoms in total. The van der Waals surface area contributed by atoms with Gasteiger partial charge in [0.2, 0.25) is 5.91 Å². The van der Waals surface area contributed by atoms with Crippen LogP contribution in [0.25, 0.3) is 0 Å². The van der Waals surface area contributed by atoms with Gasteiger partial charge in [-0.25, -0.2) is 4.79 Å². The fraction of sp³-hybridized carbons (Fsp3) is 0.846. The zero-order valence-corrected chi connectivity index (χ0v) is 11.6. The summed E-state index contributed by atoms with van der Waals surface area (Å²) in [6.07, 6.45) is 2.58. The molecule has 2 saturated heterocycles. The van der Waals surface area contributed by atoms with Crippen LogP contribution in [0.2, 0.25) is 0 Å². The number of piperazine rings is 1. The molecule has 2 rings (SSSR count). The van der Waals surface area contributed by atoms with E-state index in [0.717, 1.165) is 32.5 Å². The van der Waals surface area contributed by atoms with Crippen molar-refractivity contribution in [3.8, 4) is 0 Å². The Morgan fingerprint density at radius 1 is 1.16 bits per heavy atom. The molecule has 19 heavy (non-hydrogen) atoms. The number of carbonyl (C=O) groups is 2. The van der Waals surface area contributed by atoms with Gasteiger partial charge >= 0.3 is 6.09 Å². The average Bonchev–Trinajstić information content (AvgIpc) is 2.42. The summed E-state index contributed by atoms with van der Waals surface area (Å²) in [7, 11) is 0. The van der Waals surface area contributed by atoms with E-state index in [1.807, 2.05) is 11.8 Å². The second kappa shape index (κ2) is 6.75. The van der Waals surface area contributed by atoms with Gasteiger partial charge in [-0.2, -0.15) is 0 Å². The van der Waals surface area contributed by atoms with Crippen LogP contribution in [0, 0.1) is 0 Å². The van der Waals surface area contributed by atoms with Crippen molar-refractivity contribution < 1.29 is 14.3 Å². The van der Waals surface area contributed by atoms with Crippen LogP contribution < -0.4 is 0 Å². The van der Waals surface area contributed by atoms with E-state index < -0.39 is 0 Å². The maximum absolute atomic E-state index is 11.7. The van der Waals surface area contributed by atoms with Gasteiger partial charge in [0.25, 0.3) is 0 Å². The summed E-state index contributed by atoms with van der Waals surface area (Å²) in [6, 6.07) is 0. The molecule has 0 bridgehead atoms. The predicted molar refractivity (Wildman–Crippen MR) is 70.6 cm³/mol. The standard InChI is InChI=1S/C13H23N3O3/c1-2-19-13(18)15-9-7-14(8-10-15)11-16-6-4-3-5-12(16)17/h2-11H2,1H3. The van der Waals surface area contributed by atoms with Crippen molar-refractivity contribution in [2.75, 3.05) is 46.0 Å². The third-order valence-electron chi connectivity index (χ3n) is 3.69. The van der Waals surface area contributed by atoms with Crippen LogP contribution in [0.5, 0.6) is 0 Å². The number of likely N-dealkylation sites (tertiary alicyclic amines) is 1. The van der Waals surface area contributed by atoms with Crippen LogP contribution in [0.3, 0.4) is 0 Å². The van der Waals surface area contributed by atoms with Crippen molar-refractivity contribution in [1.82, 2.24) is 14.7 Å². The highest BCUT2D eigenvalue weighted by Gasteiger charge is 2.25. The van der Waals surface area contributed by atoms with Gasteiger partial charge in [0.05, 0.1) is 13.3 Å². The van der Waals surface area contributed by atoms with E-state index in [4.69, 9.17) is 4.74 Å². The van der Waals surface area contributed by atoms with E-state index in [2.05, 4.69) is 4.90 Å². The molecule has 0 aromatic rings. The summed E-state index contributed by atoms with van der Waals surface area (Å²) >= 11 is 0. The zero-order chi connectivity index (χ0) is 13.7. The number of piperidine rings is 1. The molecule has 2 aliphatic rings. The number of ether oxygens (including phenoxy) is 1. The van der Waals surface area contributed by atoms with Crippen molar-refractivity contribution in [3.05, 3.63) is 0 Å². The van der Waals surface area contributed by atoms with Gasteiger partial charge < -0.3 is 14.5 Å². The molecule has 0 aromatic carbocycles. The fourth-order valence-corrected chi connectivity index (χ4v) is 2.54. The summed E-state index contributed by atoms with van der Waals surface area (Å²) in [5.41, 5.74) is 0. The largest absolute Gasteiger partial charge is 0.450 e. The molecule has 2 heterocycles. The molecule has 0 saturated carbocycles. The molecule has 2 aliphatic heterocycles. The number of nitrogens with zero attached hydrogens (tertiary/aromatic N) is 3. The lowest BCUT2D eigenvalue weighted by molar-refractivity contribution is -0.136. The minimum atomic E-state index is -0.226. The molecule has 0 aromatic heterocycles. The third kappa shape index (κ3) is 3.83. The first kappa shape index (κ1) is 14.1. The predicted octanol–water partition coefficient (Wildman–Crippen LogP) is 0.730. The summed E-state index contributed by atoms with van der Waals surface area (Å²) in [5.74, 6) is 0.263. The van der Waals surface area contributed by atoms with Crippen LogP contribution in [0.1, 0.15) is 26.2 Å². The summed E-state index contributed by atoms with van der Waals surface area (Å²) in [4.78, 5) is 29.2. The SMILES string of the molecule is CCOC(=O)N1CCN(CN2CCCCC2=O)CC1. The highest BCUT2D eigenvalue weighted by atomic mass is 16.6. The number of hydrogen-bond acceptors (Lipinski definition) is 4. The second-order valence-electron chi connectivity index (χ2n) is 5.06. The quantitative estimate of drug-likeness (QED) is 0.758. The molecule has 108 valence electrons. The Kier molecular flexibility index (Phi) is 5.01. The number of carbonyl (C=O) groups excluding carboxylic acids is 2. The van der Waals surface area contributed by atoms with Gasteiger partial charge in [0.15, 0.2) is 0 Å². The summed E-state index contributed by atoms with van der Waals surface area (Å²) in [6.45, 7) is 6.79. The van der Waals surface area contributed by atoms with Gasteiger partial charge in [0, 0.05) is 39.1 Å². The maximum Gasteiger partial charge on any atom is 0.409 e. The van der Waals surface area contributed by atoms with Gasteiger partial charge in [-0.05, 0) is 19.8 Å². The van der Waals surface area contributed by atoms with Crippen LogP contribution in [-0.4, -0.2) is 72.7 Å². The first-order chi connectivity index (χ1) is 9.20. The number of hydrogen-bond donors (Lipinski definition) is 0. The molecule has 0 spiro atoms. The lowest BCUT2D eigenvalue weighted by atomic mass is 10.1. The molecule has 0 atom stereocenters. The van der Waals surface area contributed by atoms with E-state index in [0.29, 0.717) is 32.8 Å². The van der Waals surface area contributed by atoms with E-state index in [1.54, 1.807) is 4.90 Å². The summed E-state index contributed by atoms with van der Waals surface area (Å²) < 4.78 is 4.99. The van der Waals surface area contributed by atoms with Gasteiger partial charge in [-0.15, -0.1) is 0 Å². The third-order valence-corrected chi connectivity index (χ3v) is 3.69. The zero-order valence-electron chi connectivity index (χ0n) is 11.6. The monoisotopic (exact) mass is 269 g/mol. The highest BCUT2D eigenvalue weighted by Crippen LogP contribution is 2.12. The lowest BCUT2D eigenvalue weighted by Gasteiger charge is -2.38. The Morgan fingerprint density at radius 2 is 1.89 bits per heavy atom. The van der Waals surface area contributed by atoms with Gasteiger partial charge in [-0.1, -0.05) is 0 Å². The first-order valence-corrected chi connectivity index (χ1v) is 7.12. The van der Waals surface area contributed by atoms with E-state index in [9.17, 15) is 9.59 Å². The highest BCUT2D eigenvalue weighted by molar-refractivity contribution is 5.76. The Balaban J connectivity index is 1.74. The second-order valence-corrected chi connectivity index (χ2v) is 5.06. The Morgan fingerprint density at radius 3 is 2.53 bits per heavy atom. The molecule has 0 unspecified atom stereocenters. The average molecular weight is 269 g/mol.